The van der Waals surface area contributed by atoms with Gasteiger partial charge < -0.3 is 5.32 Å². The topological polar surface area (TPSA) is 75.3 Å². The van der Waals surface area contributed by atoms with Crippen LogP contribution in [0.5, 0.6) is 0 Å². The number of rotatable bonds is 3. The van der Waals surface area contributed by atoms with Gasteiger partial charge in [-0.25, -0.2) is 17.9 Å². The molecule has 2 N–H and O–H groups in total. The molecule has 0 aliphatic carbocycles. The van der Waals surface area contributed by atoms with Gasteiger partial charge in [0.2, 0.25) is 0 Å². The van der Waals surface area contributed by atoms with Crippen LogP contribution in [0.15, 0.2) is 53.4 Å². The molecule has 0 radical (unpaired) electrons. The first-order valence-electron chi connectivity index (χ1n) is 8.34. The molecule has 2 amide bonds. The smallest absolute Gasteiger partial charge is 0.307 e. The summed E-state index contributed by atoms with van der Waals surface area (Å²) in [6.07, 6.45) is 0. The average Bonchev–Trinajstić information content (AvgIpc) is 2.62. The molecule has 0 aliphatic heterocycles. The largest absolute Gasteiger partial charge is 0.333 e. The zero-order valence-corrected chi connectivity index (χ0v) is 16.6. The van der Waals surface area contributed by atoms with Crippen LogP contribution in [0.4, 0.5) is 10.5 Å². The molecule has 0 aromatic heterocycles. The summed E-state index contributed by atoms with van der Waals surface area (Å²) in [6.45, 7) is 11.9. The van der Waals surface area contributed by atoms with Gasteiger partial charge in [-0.3, -0.25) is 0 Å². The Kier molecular flexibility index (Phi) is 10.2. The number of amides is 2. The van der Waals surface area contributed by atoms with Crippen molar-refractivity contribution in [2.24, 2.45) is 0 Å². The van der Waals surface area contributed by atoms with Crippen LogP contribution < -0.4 is 10.0 Å². The Bertz CT molecular complexity index is 757. The minimum atomic E-state index is -3.86. The van der Waals surface area contributed by atoms with Crippen molar-refractivity contribution < 1.29 is 13.2 Å². The number of benzene rings is 2. The van der Waals surface area contributed by atoms with E-state index >= 15 is 0 Å². The molecule has 0 unspecified atom stereocenters. The molecule has 2 rings (SSSR count). The molecule has 2 aromatic carbocycles. The zero-order valence-electron chi connectivity index (χ0n) is 15.8. The molecule has 5 nitrogen and oxygen atoms in total. The summed E-state index contributed by atoms with van der Waals surface area (Å²) >= 11 is 0. The van der Waals surface area contributed by atoms with Crippen molar-refractivity contribution in [2.75, 3.05) is 5.32 Å². The molecule has 0 heterocycles. The summed E-state index contributed by atoms with van der Waals surface area (Å²) in [5.74, 6) is 0. The van der Waals surface area contributed by atoms with Gasteiger partial charge in [-0.2, -0.15) is 0 Å². The maximum absolute atomic E-state index is 12.0. The fourth-order valence-electron chi connectivity index (χ4n) is 1.76. The molecule has 0 bridgehead atoms. The molecule has 0 fully saturated rings. The second kappa shape index (κ2) is 11.3. The van der Waals surface area contributed by atoms with Gasteiger partial charge in [0, 0.05) is 5.69 Å². The van der Waals surface area contributed by atoms with Crippen LogP contribution >= 0.6 is 0 Å². The van der Waals surface area contributed by atoms with Crippen LogP contribution in [0.3, 0.4) is 0 Å². The maximum Gasteiger partial charge on any atom is 0.333 e. The summed E-state index contributed by atoms with van der Waals surface area (Å²) in [4.78, 5) is 11.8. The molecular formula is C19H28N2O3S. The monoisotopic (exact) mass is 364 g/mol. The molecular weight excluding hydrogens is 336 g/mol. The first kappa shape index (κ1) is 22.7. The lowest BCUT2D eigenvalue weighted by atomic mass is 10.1. The summed E-state index contributed by atoms with van der Waals surface area (Å²) in [5.41, 5.74) is 2.65. The SMILES string of the molecule is CC.CC.Cc1ccc(NC(=O)NS(=O)(=O)c2ccccc2)cc1C. The van der Waals surface area contributed by atoms with Gasteiger partial charge in [0.05, 0.1) is 4.90 Å². The van der Waals surface area contributed by atoms with Crippen molar-refractivity contribution in [3.05, 3.63) is 59.7 Å². The van der Waals surface area contributed by atoms with Crippen LogP contribution in [0.2, 0.25) is 0 Å². The van der Waals surface area contributed by atoms with Gasteiger partial charge in [-0.05, 0) is 49.2 Å². The van der Waals surface area contributed by atoms with Gasteiger partial charge in [0.1, 0.15) is 0 Å². The van der Waals surface area contributed by atoms with Crippen molar-refractivity contribution >= 4 is 21.7 Å². The Hall–Kier alpha value is -2.34. The van der Waals surface area contributed by atoms with Crippen LogP contribution in [0.25, 0.3) is 0 Å². The minimum absolute atomic E-state index is 0.0419. The van der Waals surface area contributed by atoms with E-state index in [1.165, 1.54) is 12.1 Å². The van der Waals surface area contributed by atoms with E-state index in [0.29, 0.717) is 5.69 Å². The molecule has 0 spiro atoms. The number of urea groups is 1. The summed E-state index contributed by atoms with van der Waals surface area (Å²) in [7, 11) is -3.86. The van der Waals surface area contributed by atoms with Crippen molar-refractivity contribution in [2.45, 2.75) is 46.4 Å². The highest BCUT2D eigenvalue weighted by molar-refractivity contribution is 7.90. The fraction of sp³-hybridized carbons (Fsp3) is 0.316. The molecule has 0 saturated heterocycles. The molecule has 0 saturated carbocycles. The summed E-state index contributed by atoms with van der Waals surface area (Å²) in [6, 6.07) is 12.3. The minimum Gasteiger partial charge on any atom is -0.307 e. The average molecular weight is 365 g/mol. The number of aryl methyl sites for hydroxylation is 2. The number of sulfonamides is 1. The fourth-order valence-corrected chi connectivity index (χ4v) is 2.68. The number of carbonyl (C=O) groups is 1. The van der Waals surface area contributed by atoms with Gasteiger partial charge >= 0.3 is 6.03 Å². The van der Waals surface area contributed by atoms with E-state index in [-0.39, 0.29) is 4.90 Å². The first-order valence-corrected chi connectivity index (χ1v) is 9.83. The van der Waals surface area contributed by atoms with Gasteiger partial charge in [0.15, 0.2) is 0 Å². The van der Waals surface area contributed by atoms with E-state index in [1.54, 1.807) is 30.3 Å². The van der Waals surface area contributed by atoms with Crippen molar-refractivity contribution in [3.8, 4) is 0 Å². The highest BCUT2D eigenvalue weighted by Gasteiger charge is 2.17. The first-order chi connectivity index (χ1) is 11.9. The number of nitrogens with one attached hydrogen (secondary N) is 2. The van der Waals surface area contributed by atoms with Crippen LogP contribution in [-0.4, -0.2) is 14.4 Å². The Morgan fingerprint density at radius 3 is 1.92 bits per heavy atom. The standard InChI is InChI=1S/C15H16N2O3S.2C2H6/c1-11-8-9-13(10-12(11)2)16-15(18)17-21(19,20)14-6-4-3-5-7-14;2*1-2/h3-10H,1-2H3,(H2,16,17,18);2*1-2H3. The van der Waals surface area contributed by atoms with Crippen LogP contribution in [-0.2, 0) is 10.0 Å². The highest BCUT2D eigenvalue weighted by atomic mass is 32.2. The number of hydrogen-bond acceptors (Lipinski definition) is 3. The molecule has 0 atom stereocenters. The lowest BCUT2D eigenvalue weighted by Gasteiger charge is -2.10. The van der Waals surface area contributed by atoms with E-state index in [2.05, 4.69) is 5.32 Å². The van der Waals surface area contributed by atoms with E-state index < -0.39 is 16.1 Å². The van der Waals surface area contributed by atoms with E-state index in [1.807, 2.05) is 52.3 Å². The predicted molar refractivity (Wildman–Crippen MR) is 104 cm³/mol. The Morgan fingerprint density at radius 1 is 0.840 bits per heavy atom. The van der Waals surface area contributed by atoms with Crippen molar-refractivity contribution in [3.63, 3.8) is 0 Å². The molecule has 6 heteroatoms. The van der Waals surface area contributed by atoms with Crippen LogP contribution in [0.1, 0.15) is 38.8 Å². The summed E-state index contributed by atoms with van der Waals surface area (Å²) < 4.78 is 25.9. The van der Waals surface area contributed by atoms with Gasteiger partial charge in [0.25, 0.3) is 10.0 Å². The maximum atomic E-state index is 12.0. The molecule has 0 aliphatic rings. The van der Waals surface area contributed by atoms with E-state index in [9.17, 15) is 13.2 Å². The lowest BCUT2D eigenvalue weighted by Crippen LogP contribution is -2.34. The third kappa shape index (κ3) is 7.39. The van der Waals surface area contributed by atoms with E-state index in [4.69, 9.17) is 0 Å². The predicted octanol–water partition coefficient (Wildman–Crippen LogP) is 4.87. The number of carbonyl (C=O) groups excluding carboxylic acids is 1. The number of hydrogen-bond donors (Lipinski definition) is 2. The molecule has 138 valence electrons. The van der Waals surface area contributed by atoms with Crippen molar-refractivity contribution in [1.82, 2.24) is 4.72 Å². The second-order valence-corrected chi connectivity index (χ2v) is 6.35. The lowest BCUT2D eigenvalue weighted by molar-refractivity contribution is 0.256. The zero-order chi connectivity index (χ0) is 19.5. The Labute approximate surface area is 151 Å². The third-order valence-electron chi connectivity index (χ3n) is 3.05. The van der Waals surface area contributed by atoms with Crippen LogP contribution in [0, 0.1) is 13.8 Å². The third-order valence-corrected chi connectivity index (χ3v) is 4.39. The van der Waals surface area contributed by atoms with E-state index in [0.717, 1.165) is 11.1 Å². The normalized spacial score (nSPS) is 9.68. The number of anilines is 1. The Balaban J connectivity index is 0.00000134. The Morgan fingerprint density at radius 2 is 1.40 bits per heavy atom. The molecule has 25 heavy (non-hydrogen) atoms. The van der Waals surface area contributed by atoms with Crippen molar-refractivity contribution in [1.29, 1.82) is 0 Å². The highest BCUT2D eigenvalue weighted by Crippen LogP contribution is 2.14. The summed E-state index contributed by atoms with van der Waals surface area (Å²) in [5, 5.41) is 2.51. The quantitative estimate of drug-likeness (QED) is 0.816. The van der Waals surface area contributed by atoms with Gasteiger partial charge in [-0.15, -0.1) is 0 Å². The second-order valence-electron chi connectivity index (χ2n) is 4.67. The van der Waals surface area contributed by atoms with Gasteiger partial charge in [-0.1, -0.05) is 52.0 Å². The molecule has 2 aromatic rings.